The number of carbonyl (C=O) groups excluding carboxylic acids is 1. The van der Waals surface area contributed by atoms with Gasteiger partial charge in [0.15, 0.2) is 0 Å². The monoisotopic (exact) mass is 430 g/mol. The summed E-state index contributed by atoms with van der Waals surface area (Å²) in [5.41, 5.74) is 8.61. The van der Waals surface area contributed by atoms with Gasteiger partial charge in [0.05, 0.1) is 5.70 Å². The highest BCUT2D eigenvalue weighted by Crippen LogP contribution is 2.24. The third-order valence-electron chi connectivity index (χ3n) is 6.05. The van der Waals surface area contributed by atoms with Crippen molar-refractivity contribution in [3.8, 4) is 0 Å². The number of nitrogens with one attached hydrogen (secondary N) is 1. The summed E-state index contributed by atoms with van der Waals surface area (Å²) in [6, 6.07) is 4.13. The first-order valence-corrected chi connectivity index (χ1v) is 11.2. The van der Waals surface area contributed by atoms with E-state index in [1.54, 1.807) is 0 Å². The number of carbonyl (C=O) groups is 1. The predicted molar refractivity (Wildman–Crippen MR) is 132 cm³/mol. The lowest BCUT2D eigenvalue weighted by molar-refractivity contribution is -0.104. The van der Waals surface area contributed by atoms with E-state index in [-0.39, 0.29) is 0 Å². The van der Waals surface area contributed by atoms with Crippen LogP contribution in [0.25, 0.3) is 5.57 Å². The van der Waals surface area contributed by atoms with Gasteiger partial charge in [0.1, 0.15) is 11.8 Å². The standard InChI is InChI=1S/C27H34N4O/c1-6-20(2)21(3)17-25-18-23(11-15-30(25)4)26(12-16-32)29-27-8-7-24(19-31(27)5)22-9-13-28-14-10-22/h7-9,11-12,15-19,28H,6,10,13-14H2,1-5H3/b21-20+,25-17-,26-12-,29-27?. The zero-order valence-electron chi connectivity index (χ0n) is 19.9. The molecule has 0 aliphatic carbocycles. The summed E-state index contributed by atoms with van der Waals surface area (Å²) in [7, 11) is 4.02. The Morgan fingerprint density at radius 2 is 2.06 bits per heavy atom. The van der Waals surface area contributed by atoms with E-state index in [2.05, 4.69) is 61.5 Å². The first-order chi connectivity index (χ1) is 15.4. The first-order valence-electron chi connectivity index (χ1n) is 11.2. The smallest absolute Gasteiger partial charge is 0.145 e. The minimum atomic E-state index is 0.647. The van der Waals surface area contributed by atoms with Gasteiger partial charge in [0.2, 0.25) is 0 Å². The third kappa shape index (κ3) is 5.74. The highest BCUT2D eigenvalue weighted by molar-refractivity contribution is 5.69. The summed E-state index contributed by atoms with van der Waals surface area (Å²) in [5, 5.41) is 3.35. The fourth-order valence-corrected chi connectivity index (χ4v) is 3.69. The third-order valence-corrected chi connectivity index (χ3v) is 6.05. The van der Waals surface area contributed by atoms with E-state index < -0.39 is 0 Å². The molecule has 2 aliphatic rings. The van der Waals surface area contributed by atoms with Crippen LogP contribution < -0.4 is 10.8 Å². The molecule has 1 aromatic rings. The van der Waals surface area contributed by atoms with Gasteiger partial charge in [0, 0.05) is 50.4 Å². The molecule has 1 N–H and O–H groups in total. The predicted octanol–water partition coefficient (Wildman–Crippen LogP) is 4.40. The first kappa shape index (κ1) is 23.5. The maximum absolute atomic E-state index is 11.4. The Balaban J connectivity index is 1.99. The molecule has 5 nitrogen and oxygen atoms in total. The second-order valence-electron chi connectivity index (χ2n) is 8.28. The van der Waals surface area contributed by atoms with E-state index in [0.717, 1.165) is 49.0 Å². The summed E-state index contributed by atoms with van der Waals surface area (Å²) in [6.45, 7) is 8.38. The average molecular weight is 431 g/mol. The number of hydrogen-bond acceptors (Lipinski definition) is 4. The van der Waals surface area contributed by atoms with Gasteiger partial charge in [-0.25, -0.2) is 4.99 Å². The minimum Gasteiger partial charge on any atom is -0.351 e. The van der Waals surface area contributed by atoms with Gasteiger partial charge >= 0.3 is 0 Å². The highest BCUT2D eigenvalue weighted by Gasteiger charge is 2.11. The molecule has 0 fully saturated rings. The van der Waals surface area contributed by atoms with Gasteiger partial charge in [-0.3, -0.25) is 4.79 Å². The molecule has 0 aromatic carbocycles. The number of aromatic nitrogens is 1. The van der Waals surface area contributed by atoms with Crippen LogP contribution in [0.15, 0.2) is 88.0 Å². The molecule has 0 radical (unpaired) electrons. The number of pyridine rings is 1. The van der Waals surface area contributed by atoms with Crippen LogP contribution in [0.4, 0.5) is 0 Å². The van der Waals surface area contributed by atoms with Crippen molar-refractivity contribution in [1.82, 2.24) is 14.8 Å². The Bertz CT molecular complexity index is 1120. The molecule has 3 rings (SSSR count). The number of rotatable bonds is 6. The SMILES string of the molecule is CC/C(C)=C(C)/C=C1C=C(/C(=C/C=O)N=c2ccc(C3=CCNCC3)cn2C)C=CN/1C. The molecule has 5 heteroatoms. The fourth-order valence-electron chi connectivity index (χ4n) is 3.69. The molecule has 0 saturated carbocycles. The van der Waals surface area contributed by atoms with Gasteiger partial charge in [0.25, 0.3) is 0 Å². The summed E-state index contributed by atoms with van der Waals surface area (Å²) >= 11 is 0. The van der Waals surface area contributed by atoms with Gasteiger partial charge in [-0.2, -0.15) is 0 Å². The quantitative estimate of drug-likeness (QED) is 0.538. The molecule has 32 heavy (non-hydrogen) atoms. The average Bonchev–Trinajstić information content (AvgIpc) is 2.81. The van der Waals surface area contributed by atoms with E-state index >= 15 is 0 Å². The van der Waals surface area contributed by atoms with Crippen molar-refractivity contribution in [3.63, 3.8) is 0 Å². The van der Waals surface area contributed by atoms with Crippen LogP contribution in [0.3, 0.4) is 0 Å². The van der Waals surface area contributed by atoms with E-state index in [9.17, 15) is 4.79 Å². The van der Waals surface area contributed by atoms with Crippen LogP contribution in [0, 0.1) is 0 Å². The normalized spacial score (nSPS) is 19.7. The van der Waals surface area contributed by atoms with Crippen molar-refractivity contribution in [3.05, 3.63) is 94.1 Å². The number of aldehydes is 1. The van der Waals surface area contributed by atoms with E-state index in [0.29, 0.717) is 5.70 Å². The molecule has 168 valence electrons. The summed E-state index contributed by atoms with van der Waals surface area (Å²) in [5.74, 6) is 0. The lowest BCUT2D eigenvalue weighted by Gasteiger charge is -2.22. The number of aryl methyl sites for hydroxylation is 1. The molecule has 0 unspecified atom stereocenters. The Morgan fingerprint density at radius 3 is 2.72 bits per heavy atom. The Hall–Kier alpha value is -3.18. The number of nitrogens with zero attached hydrogens (tertiary/aromatic N) is 3. The van der Waals surface area contributed by atoms with Crippen LogP contribution in [0.5, 0.6) is 0 Å². The van der Waals surface area contributed by atoms with E-state index in [1.807, 2.05) is 37.0 Å². The van der Waals surface area contributed by atoms with Gasteiger partial charge in [-0.05, 0) is 74.7 Å². The fraction of sp³-hybridized carbons (Fsp3) is 0.333. The molecule has 0 saturated heterocycles. The topological polar surface area (TPSA) is 49.6 Å². The van der Waals surface area contributed by atoms with E-state index in [4.69, 9.17) is 4.99 Å². The molecule has 2 aliphatic heterocycles. The zero-order chi connectivity index (χ0) is 23.1. The molecule has 0 atom stereocenters. The Kier molecular flexibility index (Phi) is 8.01. The lowest BCUT2D eigenvalue weighted by Crippen LogP contribution is -2.22. The summed E-state index contributed by atoms with van der Waals surface area (Å²) in [4.78, 5) is 18.3. The maximum Gasteiger partial charge on any atom is 0.145 e. The molecule has 1 aromatic heterocycles. The second kappa shape index (κ2) is 10.9. The van der Waals surface area contributed by atoms with Gasteiger partial charge in [-0.1, -0.05) is 24.1 Å². The lowest BCUT2D eigenvalue weighted by atomic mass is 10.0. The van der Waals surface area contributed by atoms with Crippen molar-refractivity contribution < 1.29 is 4.79 Å². The number of likely N-dealkylation sites (N-methyl/N-ethyl adjacent to an activating group) is 1. The summed E-state index contributed by atoms with van der Waals surface area (Å²) in [6.07, 6.45) is 17.0. The van der Waals surface area contributed by atoms with Crippen LogP contribution in [0.2, 0.25) is 0 Å². The van der Waals surface area contributed by atoms with Gasteiger partial charge in [-0.15, -0.1) is 0 Å². The van der Waals surface area contributed by atoms with Crippen LogP contribution >= 0.6 is 0 Å². The van der Waals surface area contributed by atoms with Crippen molar-refractivity contribution in [2.75, 3.05) is 20.1 Å². The Morgan fingerprint density at radius 1 is 1.25 bits per heavy atom. The molecule has 3 heterocycles. The zero-order valence-corrected chi connectivity index (χ0v) is 19.9. The van der Waals surface area contributed by atoms with Crippen molar-refractivity contribution in [2.45, 2.75) is 33.6 Å². The molecule has 0 spiro atoms. The number of hydrogen-bond donors (Lipinski definition) is 1. The second-order valence-corrected chi connectivity index (χ2v) is 8.28. The minimum absolute atomic E-state index is 0.647. The van der Waals surface area contributed by atoms with Crippen molar-refractivity contribution >= 4 is 11.9 Å². The van der Waals surface area contributed by atoms with Crippen molar-refractivity contribution in [2.24, 2.45) is 12.0 Å². The van der Waals surface area contributed by atoms with Crippen LogP contribution in [0.1, 0.15) is 39.2 Å². The summed E-state index contributed by atoms with van der Waals surface area (Å²) < 4.78 is 2.02. The maximum atomic E-state index is 11.4. The van der Waals surface area contributed by atoms with Crippen LogP contribution in [-0.2, 0) is 11.8 Å². The highest BCUT2D eigenvalue weighted by atomic mass is 16.1. The van der Waals surface area contributed by atoms with Crippen LogP contribution in [-0.4, -0.2) is 35.9 Å². The van der Waals surface area contributed by atoms with E-state index in [1.165, 1.54) is 28.4 Å². The molecular weight excluding hydrogens is 396 g/mol. The van der Waals surface area contributed by atoms with Gasteiger partial charge < -0.3 is 14.8 Å². The molecule has 0 bridgehead atoms. The Labute approximate surface area is 191 Å². The largest absolute Gasteiger partial charge is 0.351 e. The molecular formula is C27H34N4O. The molecule has 0 amide bonds. The number of allylic oxidation sites excluding steroid dienone is 6. The van der Waals surface area contributed by atoms with Crippen molar-refractivity contribution in [1.29, 1.82) is 0 Å².